The Labute approximate surface area is 182 Å². The van der Waals surface area contributed by atoms with Crippen molar-refractivity contribution >= 4 is 28.4 Å². The lowest BCUT2D eigenvalue weighted by atomic mass is 10.2. The fraction of sp³-hybridized carbons (Fsp3) is 0.227. The highest BCUT2D eigenvalue weighted by atomic mass is 32.2. The van der Waals surface area contributed by atoms with Crippen molar-refractivity contribution in [2.75, 3.05) is 19.5 Å². The fourth-order valence-corrected chi connectivity index (χ4v) is 4.05. The van der Waals surface area contributed by atoms with Crippen LogP contribution in [0.25, 0.3) is 16.7 Å². The second-order valence-corrected chi connectivity index (χ2v) is 7.78. The number of allylic oxidation sites excluding steroid dienone is 1. The summed E-state index contributed by atoms with van der Waals surface area (Å²) >= 11 is 1.35. The predicted octanol–water partition coefficient (Wildman–Crippen LogP) is 2.77. The summed E-state index contributed by atoms with van der Waals surface area (Å²) in [4.78, 5) is 12.8. The van der Waals surface area contributed by atoms with Crippen molar-refractivity contribution in [3.63, 3.8) is 0 Å². The number of nitrogens with zero attached hydrogens (tertiary/aromatic N) is 4. The van der Waals surface area contributed by atoms with Gasteiger partial charge >= 0.3 is 0 Å². The Balaban J connectivity index is 1.53. The van der Waals surface area contributed by atoms with Crippen LogP contribution in [0.1, 0.15) is 0 Å². The number of hydrogen-bond acceptors (Lipinski definition) is 7. The maximum Gasteiger partial charge on any atom is 0.263 e. The zero-order chi connectivity index (χ0) is 21.8. The highest BCUT2D eigenvalue weighted by Gasteiger charge is 2.17. The molecule has 0 amide bonds. The molecule has 0 fully saturated rings. The van der Waals surface area contributed by atoms with Crippen LogP contribution in [-0.4, -0.2) is 49.8 Å². The Morgan fingerprint density at radius 3 is 2.65 bits per heavy atom. The van der Waals surface area contributed by atoms with Crippen molar-refractivity contribution in [3.8, 4) is 11.5 Å². The SMILES string of the molecule is C=CCn1c(=O)c2ccccc2n2c(SCC(O)COc3ccc(OC)cc3)nnc12. The van der Waals surface area contributed by atoms with E-state index in [9.17, 15) is 9.90 Å². The molecule has 0 bridgehead atoms. The first-order chi connectivity index (χ1) is 15.1. The first kappa shape index (κ1) is 21.0. The van der Waals surface area contributed by atoms with Crippen molar-refractivity contribution in [1.29, 1.82) is 0 Å². The monoisotopic (exact) mass is 438 g/mol. The van der Waals surface area contributed by atoms with Gasteiger partial charge in [0.25, 0.3) is 5.56 Å². The number of para-hydroxylation sites is 1. The van der Waals surface area contributed by atoms with E-state index < -0.39 is 6.10 Å². The standard InChI is InChI=1S/C22H22N4O4S/c1-3-12-25-20(28)18-6-4-5-7-19(18)26-21(25)23-24-22(26)31-14-15(27)13-30-17-10-8-16(29-2)9-11-17/h3-11,15,27H,1,12-14H2,2H3. The van der Waals surface area contributed by atoms with Gasteiger partial charge in [-0.3, -0.25) is 13.8 Å². The van der Waals surface area contributed by atoms with Gasteiger partial charge in [-0.15, -0.1) is 16.8 Å². The Bertz CT molecular complexity index is 1270. The molecule has 1 atom stereocenters. The topological polar surface area (TPSA) is 90.9 Å². The lowest BCUT2D eigenvalue weighted by Gasteiger charge is -2.13. The van der Waals surface area contributed by atoms with E-state index in [0.717, 1.165) is 11.3 Å². The van der Waals surface area contributed by atoms with E-state index in [1.807, 2.05) is 22.6 Å². The Kier molecular flexibility index (Phi) is 6.24. The Hall–Kier alpha value is -3.30. The van der Waals surface area contributed by atoms with Crippen molar-refractivity contribution < 1.29 is 14.6 Å². The summed E-state index contributed by atoms with van der Waals surface area (Å²) < 4.78 is 14.1. The molecule has 0 spiro atoms. The normalized spacial score (nSPS) is 12.2. The molecule has 2 aromatic heterocycles. The molecule has 4 rings (SSSR count). The van der Waals surface area contributed by atoms with Crippen LogP contribution in [-0.2, 0) is 6.54 Å². The molecule has 160 valence electrons. The van der Waals surface area contributed by atoms with Gasteiger partial charge in [0.2, 0.25) is 5.78 Å². The van der Waals surface area contributed by atoms with Gasteiger partial charge in [-0.25, -0.2) is 0 Å². The van der Waals surface area contributed by atoms with Crippen molar-refractivity contribution in [3.05, 3.63) is 71.5 Å². The molecule has 2 aromatic carbocycles. The number of rotatable bonds is 9. The number of ether oxygens (including phenoxy) is 2. The summed E-state index contributed by atoms with van der Waals surface area (Å²) in [7, 11) is 1.60. The minimum Gasteiger partial charge on any atom is -0.497 e. The smallest absolute Gasteiger partial charge is 0.263 e. The second kappa shape index (κ2) is 9.23. The summed E-state index contributed by atoms with van der Waals surface area (Å²) in [6, 6.07) is 14.5. The second-order valence-electron chi connectivity index (χ2n) is 6.79. The minimum atomic E-state index is -0.718. The van der Waals surface area contributed by atoms with Gasteiger partial charge in [-0.1, -0.05) is 30.0 Å². The number of aliphatic hydroxyl groups is 1. The van der Waals surface area contributed by atoms with E-state index in [0.29, 0.717) is 34.4 Å². The van der Waals surface area contributed by atoms with Gasteiger partial charge < -0.3 is 14.6 Å². The number of hydrogen-bond donors (Lipinski definition) is 1. The summed E-state index contributed by atoms with van der Waals surface area (Å²) in [5.41, 5.74) is 0.583. The number of benzene rings is 2. The maximum absolute atomic E-state index is 12.8. The Morgan fingerprint density at radius 2 is 1.90 bits per heavy atom. The average Bonchev–Trinajstić information content (AvgIpc) is 3.23. The fourth-order valence-electron chi connectivity index (χ4n) is 3.20. The number of thioether (sulfide) groups is 1. The third-order valence-corrected chi connectivity index (χ3v) is 5.77. The zero-order valence-electron chi connectivity index (χ0n) is 17.0. The van der Waals surface area contributed by atoms with Gasteiger partial charge in [0.15, 0.2) is 5.16 Å². The molecule has 1 N–H and O–H groups in total. The van der Waals surface area contributed by atoms with Gasteiger partial charge in [0.1, 0.15) is 18.1 Å². The van der Waals surface area contributed by atoms with Gasteiger partial charge in [0.05, 0.1) is 24.1 Å². The number of aromatic nitrogens is 4. The number of methoxy groups -OCH3 is 1. The van der Waals surface area contributed by atoms with E-state index in [4.69, 9.17) is 9.47 Å². The van der Waals surface area contributed by atoms with Crippen LogP contribution in [0.2, 0.25) is 0 Å². The molecular weight excluding hydrogens is 416 g/mol. The molecule has 2 heterocycles. The molecule has 0 saturated heterocycles. The van der Waals surface area contributed by atoms with Crippen LogP contribution >= 0.6 is 11.8 Å². The first-order valence-electron chi connectivity index (χ1n) is 9.67. The zero-order valence-corrected chi connectivity index (χ0v) is 17.8. The lowest BCUT2D eigenvalue weighted by Crippen LogP contribution is -2.23. The van der Waals surface area contributed by atoms with Crippen LogP contribution < -0.4 is 15.0 Å². The van der Waals surface area contributed by atoms with Gasteiger partial charge in [-0.05, 0) is 36.4 Å². The van der Waals surface area contributed by atoms with E-state index >= 15 is 0 Å². The largest absolute Gasteiger partial charge is 0.497 e. The van der Waals surface area contributed by atoms with Crippen LogP contribution in [0.5, 0.6) is 11.5 Å². The number of fused-ring (bicyclic) bond motifs is 3. The van der Waals surface area contributed by atoms with Crippen molar-refractivity contribution in [2.45, 2.75) is 17.8 Å². The summed E-state index contributed by atoms with van der Waals surface area (Å²) in [6.07, 6.45) is 0.933. The van der Waals surface area contributed by atoms with E-state index in [2.05, 4.69) is 16.8 Å². The minimum absolute atomic E-state index is 0.137. The van der Waals surface area contributed by atoms with Crippen LogP contribution in [0, 0.1) is 0 Å². The molecule has 0 saturated carbocycles. The van der Waals surface area contributed by atoms with Gasteiger partial charge in [-0.2, -0.15) is 0 Å². The molecule has 31 heavy (non-hydrogen) atoms. The molecule has 9 heteroatoms. The highest BCUT2D eigenvalue weighted by Crippen LogP contribution is 2.23. The Morgan fingerprint density at radius 1 is 1.16 bits per heavy atom. The summed E-state index contributed by atoms with van der Waals surface area (Å²) in [6.45, 7) is 4.19. The molecule has 0 aliphatic rings. The summed E-state index contributed by atoms with van der Waals surface area (Å²) in [5, 5.41) is 20.0. The molecular formula is C22H22N4O4S. The molecule has 8 nitrogen and oxygen atoms in total. The van der Waals surface area contributed by atoms with Crippen LogP contribution in [0.4, 0.5) is 0 Å². The first-order valence-corrected chi connectivity index (χ1v) is 10.7. The molecule has 0 aliphatic carbocycles. The van der Waals surface area contributed by atoms with Gasteiger partial charge in [0, 0.05) is 12.3 Å². The third kappa shape index (κ3) is 4.28. The van der Waals surface area contributed by atoms with Crippen molar-refractivity contribution in [1.82, 2.24) is 19.2 Å². The molecule has 4 aromatic rings. The van der Waals surface area contributed by atoms with Crippen LogP contribution in [0.15, 0.2) is 71.1 Å². The average molecular weight is 439 g/mol. The quantitative estimate of drug-likeness (QED) is 0.317. The lowest BCUT2D eigenvalue weighted by molar-refractivity contribution is 0.126. The summed E-state index contributed by atoms with van der Waals surface area (Å²) in [5.74, 6) is 2.18. The molecule has 0 aliphatic heterocycles. The number of aliphatic hydroxyl groups excluding tert-OH is 1. The molecule has 1 unspecified atom stereocenters. The van der Waals surface area contributed by atoms with Crippen molar-refractivity contribution in [2.24, 2.45) is 0 Å². The highest BCUT2D eigenvalue weighted by molar-refractivity contribution is 7.99. The molecule has 0 radical (unpaired) electrons. The van der Waals surface area contributed by atoms with E-state index in [1.165, 1.54) is 16.3 Å². The van der Waals surface area contributed by atoms with E-state index in [-0.39, 0.29) is 12.2 Å². The van der Waals surface area contributed by atoms with E-state index in [1.54, 1.807) is 43.5 Å². The maximum atomic E-state index is 12.8. The third-order valence-electron chi connectivity index (χ3n) is 4.70. The predicted molar refractivity (Wildman–Crippen MR) is 120 cm³/mol. The van der Waals surface area contributed by atoms with Crippen LogP contribution in [0.3, 0.4) is 0 Å².